The molecule has 2 nitrogen and oxygen atoms in total. The molecule has 0 atom stereocenters. The van der Waals surface area contributed by atoms with E-state index in [4.69, 9.17) is 17.3 Å². The van der Waals surface area contributed by atoms with Crippen LogP contribution in [-0.2, 0) is 19.5 Å². The van der Waals surface area contributed by atoms with Crippen LogP contribution in [-0.4, -0.2) is 24.0 Å². The van der Waals surface area contributed by atoms with Crippen molar-refractivity contribution in [1.82, 2.24) is 5.32 Å². The maximum atomic E-state index is 7.13. The number of nitrogens with one attached hydrogen (secondary N) is 1. The number of nitrogens with two attached hydrogens (primary N) is 1. The van der Waals surface area contributed by atoms with Crippen molar-refractivity contribution in [2.24, 2.45) is 5.73 Å². The van der Waals surface area contributed by atoms with Gasteiger partial charge in [-0.25, -0.2) is 0 Å². The summed E-state index contributed by atoms with van der Waals surface area (Å²) in [6, 6.07) is 43.5. The fourth-order valence-electron chi connectivity index (χ4n) is 4.28. The third-order valence-corrected chi connectivity index (χ3v) is 13.1. The number of rotatable bonds is 11. The average Bonchev–Trinajstić information content (AvgIpc) is 2.91. The first-order valence-electron chi connectivity index (χ1n) is 11.6. The van der Waals surface area contributed by atoms with Crippen LogP contribution in [0.15, 0.2) is 121 Å². The zero-order chi connectivity index (χ0) is 23.6. The summed E-state index contributed by atoms with van der Waals surface area (Å²) >= 11 is 7.13. The Kier molecular flexibility index (Phi) is 11.5. The molecule has 3 N–H and O–H groups in total. The number of alkyl halides is 1. The minimum atomic E-state index is -0.857. The normalized spacial score (nSPS) is 11.4. The topological polar surface area (TPSA) is 38.0 Å². The van der Waals surface area contributed by atoms with Crippen LogP contribution in [0.4, 0.5) is 0 Å². The van der Waals surface area contributed by atoms with E-state index in [2.05, 4.69) is 127 Å². The largest absolute Gasteiger partial charge is 0.330 e. The van der Waals surface area contributed by atoms with E-state index in [1.165, 1.54) is 21.2 Å². The van der Waals surface area contributed by atoms with Gasteiger partial charge in [0.15, 0.2) is 0 Å². The summed E-state index contributed by atoms with van der Waals surface area (Å²) in [4.78, 5) is 0. The summed E-state index contributed by atoms with van der Waals surface area (Å²) in [6.45, 7) is 1.47. The van der Waals surface area contributed by atoms with Crippen molar-refractivity contribution in [3.8, 4) is 0 Å². The van der Waals surface area contributed by atoms with Gasteiger partial charge in [0, 0.05) is 25.4 Å². The van der Waals surface area contributed by atoms with Crippen LogP contribution in [0.2, 0.25) is 0 Å². The van der Waals surface area contributed by atoms with Gasteiger partial charge in [-0.1, -0.05) is 121 Å². The van der Waals surface area contributed by atoms with Crippen molar-refractivity contribution in [3.05, 3.63) is 121 Å². The molecule has 0 bridgehead atoms. The molecular formula is C29H31ClN2P2Ru. The quantitative estimate of drug-likeness (QED) is 0.108. The summed E-state index contributed by atoms with van der Waals surface area (Å²) < 4.78 is 0. The van der Waals surface area contributed by atoms with E-state index in [0.717, 1.165) is 13.0 Å². The molecule has 0 aromatic heterocycles. The predicted octanol–water partition coefficient (Wildman–Crippen LogP) is 5.08. The van der Waals surface area contributed by atoms with Gasteiger partial charge in [0.05, 0.1) is 5.02 Å². The average molecular weight is 606 g/mol. The Morgan fingerprint density at radius 1 is 0.600 bits per heavy atom. The maximum absolute atomic E-state index is 7.13. The molecule has 0 aliphatic heterocycles. The minimum Gasteiger partial charge on any atom is -0.330 e. The molecule has 0 saturated carbocycles. The summed E-state index contributed by atoms with van der Waals surface area (Å²) in [5.74, 6) is 0.489. The molecule has 0 spiro atoms. The predicted molar refractivity (Wildman–Crippen MR) is 153 cm³/mol. The van der Waals surface area contributed by atoms with E-state index in [9.17, 15) is 0 Å². The van der Waals surface area contributed by atoms with E-state index < -0.39 is 15.8 Å². The Bertz CT molecular complexity index is 957. The van der Waals surface area contributed by atoms with Crippen molar-refractivity contribution >= 4 is 48.7 Å². The number of benzene rings is 4. The standard InChI is InChI=1S/C29H31ClN2P2.Ru/c30-24-29(32-23-13-22-31,33(25-14-5-1-6-15-25)26-16-7-2-8-17-26)34(27-18-9-3-10-19-27)28-20-11-4-12-21-28;/h1-12,14-21,32H,13,22-24,31H2;. The molecule has 0 saturated heterocycles. The van der Waals surface area contributed by atoms with Crippen LogP contribution in [0, 0.1) is 0 Å². The summed E-state index contributed by atoms with van der Waals surface area (Å²) in [5, 5.41) is 8.95. The van der Waals surface area contributed by atoms with Gasteiger partial charge in [-0.2, -0.15) is 0 Å². The van der Waals surface area contributed by atoms with Crippen molar-refractivity contribution in [1.29, 1.82) is 0 Å². The van der Waals surface area contributed by atoms with Gasteiger partial charge in [-0.3, -0.25) is 0 Å². The first kappa shape index (κ1) is 28.1. The van der Waals surface area contributed by atoms with E-state index in [1.54, 1.807) is 0 Å². The molecule has 0 heterocycles. The molecule has 0 radical (unpaired) electrons. The fraction of sp³-hybridized carbons (Fsp3) is 0.172. The molecule has 4 aromatic rings. The van der Waals surface area contributed by atoms with Crippen LogP contribution in [0.5, 0.6) is 0 Å². The van der Waals surface area contributed by atoms with Gasteiger partial charge in [0.25, 0.3) is 0 Å². The van der Waals surface area contributed by atoms with E-state index in [0.29, 0.717) is 12.4 Å². The summed E-state index contributed by atoms with van der Waals surface area (Å²) in [5.41, 5.74) is 5.93. The molecule has 6 heteroatoms. The summed E-state index contributed by atoms with van der Waals surface area (Å²) in [7, 11) is -1.71. The zero-order valence-corrected chi connectivity index (χ0v) is 23.9. The SMILES string of the molecule is NCCCNC(CCl)(P(c1ccccc1)c1ccccc1)P(c1ccccc1)c1ccccc1.[Ru]. The van der Waals surface area contributed by atoms with Gasteiger partial charge in [0.2, 0.25) is 0 Å². The van der Waals surface area contributed by atoms with Crippen molar-refractivity contribution in [2.75, 3.05) is 19.0 Å². The fourth-order valence-corrected chi connectivity index (χ4v) is 12.2. The minimum absolute atomic E-state index is 0. The zero-order valence-electron chi connectivity index (χ0n) is 19.6. The van der Waals surface area contributed by atoms with Crippen molar-refractivity contribution in [3.63, 3.8) is 0 Å². The Balaban J connectivity index is 0.00000342. The number of hydrogen-bond donors (Lipinski definition) is 2. The molecule has 0 aliphatic rings. The van der Waals surface area contributed by atoms with Gasteiger partial charge in [-0.05, 0) is 56.6 Å². The molecular weight excluding hydrogens is 575 g/mol. The van der Waals surface area contributed by atoms with Gasteiger partial charge in [-0.15, -0.1) is 11.6 Å². The van der Waals surface area contributed by atoms with Crippen LogP contribution in [0.3, 0.4) is 0 Å². The van der Waals surface area contributed by atoms with Gasteiger partial charge >= 0.3 is 0 Å². The molecule has 182 valence electrons. The second-order valence-electron chi connectivity index (χ2n) is 8.03. The molecule has 4 aromatic carbocycles. The first-order chi connectivity index (χ1) is 16.8. The Morgan fingerprint density at radius 3 is 1.17 bits per heavy atom. The van der Waals surface area contributed by atoms with E-state index in [-0.39, 0.29) is 24.5 Å². The Morgan fingerprint density at radius 2 is 0.914 bits per heavy atom. The molecule has 0 unspecified atom stereocenters. The molecule has 4 rings (SSSR count). The van der Waals surface area contributed by atoms with Gasteiger partial charge < -0.3 is 11.1 Å². The van der Waals surface area contributed by atoms with Crippen molar-refractivity contribution in [2.45, 2.75) is 11.4 Å². The molecule has 35 heavy (non-hydrogen) atoms. The first-order valence-corrected chi connectivity index (χ1v) is 14.8. The van der Waals surface area contributed by atoms with Crippen LogP contribution in [0.1, 0.15) is 6.42 Å². The molecule has 0 aliphatic carbocycles. The van der Waals surface area contributed by atoms with E-state index in [1.807, 2.05) is 0 Å². The van der Waals surface area contributed by atoms with Crippen LogP contribution < -0.4 is 32.3 Å². The second-order valence-corrected chi connectivity index (χ2v) is 13.6. The monoisotopic (exact) mass is 606 g/mol. The third-order valence-electron chi connectivity index (χ3n) is 5.77. The third kappa shape index (κ3) is 6.67. The van der Waals surface area contributed by atoms with Crippen molar-refractivity contribution < 1.29 is 19.5 Å². The molecule has 0 amide bonds. The van der Waals surface area contributed by atoms with E-state index >= 15 is 0 Å². The van der Waals surface area contributed by atoms with Gasteiger partial charge in [0.1, 0.15) is 0 Å². The number of halogens is 1. The number of hydrogen-bond acceptors (Lipinski definition) is 2. The second kappa shape index (κ2) is 14.3. The van der Waals surface area contributed by atoms with Crippen LogP contribution in [0.25, 0.3) is 0 Å². The Hall–Kier alpha value is -1.43. The smallest absolute Gasteiger partial charge is 0.0879 e. The molecule has 0 fully saturated rings. The summed E-state index contributed by atoms with van der Waals surface area (Å²) in [6.07, 6.45) is 0.901. The maximum Gasteiger partial charge on any atom is 0.0879 e. The Labute approximate surface area is 230 Å². The van der Waals surface area contributed by atoms with Crippen LogP contribution >= 0.6 is 27.4 Å².